The maximum Gasteiger partial charge on any atom is 0.154 e. The van der Waals surface area contributed by atoms with Gasteiger partial charge in [-0.2, -0.15) is 0 Å². The summed E-state index contributed by atoms with van der Waals surface area (Å²) in [6, 6.07) is 3.29. The zero-order chi connectivity index (χ0) is 12.0. The molecule has 0 atom stereocenters. The van der Waals surface area contributed by atoms with Gasteiger partial charge in [0.2, 0.25) is 0 Å². The molecule has 0 fully saturated rings. The van der Waals surface area contributed by atoms with Crippen LogP contribution in [-0.4, -0.2) is 20.5 Å². The summed E-state index contributed by atoms with van der Waals surface area (Å²) in [5.41, 5.74) is 9.14. The van der Waals surface area contributed by atoms with Crippen molar-refractivity contribution in [2.24, 2.45) is 5.11 Å². The molecule has 0 aromatic heterocycles. The zero-order valence-corrected chi connectivity index (χ0v) is 9.01. The SMILES string of the molecule is COc1ccc(OC)c(CN=[N+]=[N-])c1C=O. The zero-order valence-electron chi connectivity index (χ0n) is 9.01. The van der Waals surface area contributed by atoms with Gasteiger partial charge in [-0.05, 0) is 17.7 Å². The van der Waals surface area contributed by atoms with Crippen LogP contribution in [0.15, 0.2) is 17.2 Å². The molecule has 0 saturated heterocycles. The van der Waals surface area contributed by atoms with Gasteiger partial charge >= 0.3 is 0 Å². The Bertz CT molecular complexity index is 439. The van der Waals surface area contributed by atoms with Gasteiger partial charge in [0, 0.05) is 10.5 Å². The van der Waals surface area contributed by atoms with Crippen molar-refractivity contribution >= 4 is 6.29 Å². The van der Waals surface area contributed by atoms with Crippen LogP contribution < -0.4 is 9.47 Å². The topological polar surface area (TPSA) is 84.3 Å². The minimum absolute atomic E-state index is 0.0466. The molecule has 1 rings (SSSR count). The van der Waals surface area contributed by atoms with Crippen molar-refractivity contribution in [3.05, 3.63) is 33.7 Å². The molecule has 6 nitrogen and oxygen atoms in total. The molecule has 0 aliphatic heterocycles. The number of benzene rings is 1. The Hall–Kier alpha value is -2.20. The number of methoxy groups -OCH3 is 2. The average molecular weight is 221 g/mol. The summed E-state index contributed by atoms with van der Waals surface area (Å²) in [6.07, 6.45) is 0.656. The van der Waals surface area contributed by atoms with Gasteiger partial charge in [-0.25, -0.2) is 0 Å². The maximum absolute atomic E-state index is 11.0. The minimum atomic E-state index is 0.0466. The number of carbonyl (C=O) groups is 1. The highest BCUT2D eigenvalue weighted by Crippen LogP contribution is 2.29. The van der Waals surface area contributed by atoms with E-state index in [0.29, 0.717) is 28.9 Å². The molecule has 0 aliphatic rings. The lowest BCUT2D eigenvalue weighted by atomic mass is 10.1. The van der Waals surface area contributed by atoms with Crippen molar-refractivity contribution in [2.45, 2.75) is 6.54 Å². The fraction of sp³-hybridized carbons (Fsp3) is 0.300. The van der Waals surface area contributed by atoms with E-state index in [9.17, 15) is 4.79 Å². The van der Waals surface area contributed by atoms with E-state index in [0.717, 1.165) is 0 Å². The van der Waals surface area contributed by atoms with Crippen LogP contribution in [0.25, 0.3) is 10.4 Å². The van der Waals surface area contributed by atoms with Gasteiger partial charge in [-0.3, -0.25) is 4.79 Å². The summed E-state index contributed by atoms with van der Waals surface area (Å²) in [5.74, 6) is 0.925. The Balaban J connectivity index is 3.35. The van der Waals surface area contributed by atoms with Crippen LogP contribution in [0.3, 0.4) is 0 Å². The first-order valence-corrected chi connectivity index (χ1v) is 4.48. The summed E-state index contributed by atoms with van der Waals surface area (Å²) in [7, 11) is 2.95. The highest BCUT2D eigenvalue weighted by atomic mass is 16.5. The van der Waals surface area contributed by atoms with Crippen molar-refractivity contribution in [3.63, 3.8) is 0 Å². The summed E-state index contributed by atoms with van der Waals surface area (Å²) in [5, 5.41) is 3.42. The van der Waals surface area contributed by atoms with Gasteiger partial charge in [0.15, 0.2) is 6.29 Å². The molecule has 0 heterocycles. The second-order valence-corrected chi connectivity index (χ2v) is 2.87. The molecular weight excluding hydrogens is 210 g/mol. The van der Waals surface area contributed by atoms with Crippen molar-refractivity contribution < 1.29 is 14.3 Å². The average Bonchev–Trinajstić information content (AvgIpc) is 2.34. The second kappa shape index (κ2) is 5.63. The number of hydrogen-bond donors (Lipinski definition) is 0. The molecule has 1 aromatic rings. The first kappa shape index (κ1) is 11.9. The summed E-state index contributed by atoms with van der Waals surface area (Å²) in [4.78, 5) is 13.6. The Labute approximate surface area is 92.4 Å². The lowest BCUT2D eigenvalue weighted by molar-refractivity contribution is 0.111. The highest BCUT2D eigenvalue weighted by Gasteiger charge is 2.13. The standard InChI is InChI=1S/C10H11N3O3/c1-15-9-3-4-10(16-2)8(6-14)7(9)5-12-13-11/h3-4,6H,5H2,1-2H3. The van der Waals surface area contributed by atoms with Crippen LogP contribution in [-0.2, 0) is 6.54 Å². The lowest BCUT2D eigenvalue weighted by Crippen LogP contribution is -2.00. The van der Waals surface area contributed by atoms with Gasteiger partial charge in [0.1, 0.15) is 11.5 Å². The molecule has 0 radical (unpaired) electrons. The second-order valence-electron chi connectivity index (χ2n) is 2.87. The van der Waals surface area contributed by atoms with E-state index < -0.39 is 0 Å². The molecule has 16 heavy (non-hydrogen) atoms. The monoisotopic (exact) mass is 221 g/mol. The quantitative estimate of drug-likeness (QED) is 0.331. The lowest BCUT2D eigenvalue weighted by Gasteiger charge is -2.11. The van der Waals surface area contributed by atoms with Crippen molar-refractivity contribution in [2.75, 3.05) is 14.2 Å². The molecule has 0 amide bonds. The number of ether oxygens (including phenoxy) is 2. The Morgan fingerprint density at radius 1 is 1.38 bits per heavy atom. The Morgan fingerprint density at radius 3 is 2.50 bits per heavy atom. The molecule has 0 spiro atoms. The first-order chi connectivity index (χ1) is 7.78. The number of rotatable bonds is 5. The number of hydrogen-bond acceptors (Lipinski definition) is 4. The third kappa shape index (κ3) is 2.24. The molecule has 84 valence electrons. The van der Waals surface area contributed by atoms with Gasteiger partial charge in [-0.1, -0.05) is 5.11 Å². The maximum atomic E-state index is 11.0. The molecule has 6 heteroatoms. The fourth-order valence-corrected chi connectivity index (χ4v) is 1.39. The first-order valence-electron chi connectivity index (χ1n) is 4.48. The van der Waals surface area contributed by atoms with E-state index in [2.05, 4.69) is 10.0 Å². The van der Waals surface area contributed by atoms with Gasteiger partial charge in [0.05, 0.1) is 26.3 Å². The highest BCUT2D eigenvalue weighted by molar-refractivity contribution is 5.83. The summed E-state index contributed by atoms with van der Waals surface area (Å²) >= 11 is 0. The molecule has 0 unspecified atom stereocenters. The summed E-state index contributed by atoms with van der Waals surface area (Å²) < 4.78 is 10.1. The van der Waals surface area contributed by atoms with E-state index in [1.54, 1.807) is 12.1 Å². The van der Waals surface area contributed by atoms with Crippen LogP contribution in [0.1, 0.15) is 15.9 Å². The van der Waals surface area contributed by atoms with Gasteiger partial charge < -0.3 is 9.47 Å². The molecule has 0 saturated carbocycles. The predicted octanol–water partition coefficient (Wildman–Crippen LogP) is 2.33. The van der Waals surface area contributed by atoms with E-state index in [1.807, 2.05) is 0 Å². The molecular formula is C10H11N3O3. The van der Waals surface area contributed by atoms with Crippen LogP contribution >= 0.6 is 0 Å². The molecule has 0 aliphatic carbocycles. The molecule has 0 bridgehead atoms. The van der Waals surface area contributed by atoms with Crippen LogP contribution in [0, 0.1) is 0 Å². The smallest absolute Gasteiger partial charge is 0.154 e. The number of azide groups is 1. The van der Waals surface area contributed by atoms with Crippen molar-refractivity contribution in [1.29, 1.82) is 0 Å². The van der Waals surface area contributed by atoms with Crippen LogP contribution in [0.2, 0.25) is 0 Å². The number of carbonyl (C=O) groups excluding carboxylic acids is 1. The fourth-order valence-electron chi connectivity index (χ4n) is 1.39. The van der Waals surface area contributed by atoms with Crippen molar-refractivity contribution in [3.8, 4) is 11.5 Å². The number of aldehydes is 1. The van der Waals surface area contributed by atoms with Crippen LogP contribution in [0.4, 0.5) is 0 Å². The third-order valence-electron chi connectivity index (χ3n) is 2.12. The Morgan fingerprint density at radius 2 is 2.00 bits per heavy atom. The largest absolute Gasteiger partial charge is 0.496 e. The van der Waals surface area contributed by atoms with Crippen molar-refractivity contribution in [1.82, 2.24) is 0 Å². The van der Waals surface area contributed by atoms with Gasteiger partial charge in [0.25, 0.3) is 0 Å². The molecule has 1 aromatic carbocycles. The normalized spacial score (nSPS) is 9.12. The van der Waals surface area contributed by atoms with E-state index in [4.69, 9.17) is 15.0 Å². The number of nitrogens with zero attached hydrogens (tertiary/aromatic N) is 3. The summed E-state index contributed by atoms with van der Waals surface area (Å²) in [6.45, 7) is 0.0466. The van der Waals surface area contributed by atoms with Gasteiger partial charge in [-0.15, -0.1) is 0 Å². The Kier molecular flexibility index (Phi) is 4.17. The predicted molar refractivity (Wildman–Crippen MR) is 57.8 cm³/mol. The van der Waals surface area contributed by atoms with E-state index >= 15 is 0 Å². The third-order valence-corrected chi connectivity index (χ3v) is 2.12. The van der Waals surface area contributed by atoms with Crippen LogP contribution in [0.5, 0.6) is 11.5 Å². The minimum Gasteiger partial charge on any atom is -0.496 e. The molecule has 0 N–H and O–H groups in total. The van der Waals surface area contributed by atoms with E-state index in [-0.39, 0.29) is 6.54 Å². The van der Waals surface area contributed by atoms with E-state index in [1.165, 1.54) is 14.2 Å².